The van der Waals surface area contributed by atoms with Gasteiger partial charge in [0.1, 0.15) is 5.49 Å². The molecule has 0 aliphatic carbocycles. The second-order valence-electron chi connectivity index (χ2n) is 3.51. The lowest BCUT2D eigenvalue weighted by Crippen LogP contribution is -2.30. The van der Waals surface area contributed by atoms with Gasteiger partial charge in [0.15, 0.2) is 5.88 Å². The molecular weight excluding hydrogens is 228 g/mol. The summed E-state index contributed by atoms with van der Waals surface area (Å²) in [6, 6.07) is 3.53. The van der Waals surface area contributed by atoms with Crippen molar-refractivity contribution in [2.24, 2.45) is 10.1 Å². The van der Waals surface area contributed by atoms with Crippen molar-refractivity contribution in [2.75, 3.05) is 6.54 Å². The Balaban J connectivity index is 3.18. The molecule has 0 aliphatic rings. The molecule has 1 rings (SSSR count). The van der Waals surface area contributed by atoms with Crippen LogP contribution in [0, 0.1) is 6.92 Å². The van der Waals surface area contributed by atoms with E-state index in [0.29, 0.717) is 12.0 Å². The number of aryl methyl sites for hydroxylation is 1. The van der Waals surface area contributed by atoms with Gasteiger partial charge in [0, 0.05) is 6.54 Å². The molecule has 0 atom stereocenters. The van der Waals surface area contributed by atoms with Crippen LogP contribution in [-0.2, 0) is 15.9 Å². The highest BCUT2D eigenvalue weighted by atomic mass is 32.2. The SMILES string of the molecule is CCCN=c1ccc(C)nn1CS(N)(=O)=O. The van der Waals surface area contributed by atoms with Gasteiger partial charge in [0.2, 0.25) is 10.0 Å². The van der Waals surface area contributed by atoms with E-state index in [1.807, 2.05) is 6.92 Å². The maximum Gasteiger partial charge on any atom is 0.229 e. The van der Waals surface area contributed by atoms with Crippen LogP contribution < -0.4 is 10.6 Å². The summed E-state index contributed by atoms with van der Waals surface area (Å²) in [6.45, 7) is 4.41. The Morgan fingerprint density at radius 2 is 2.19 bits per heavy atom. The molecule has 0 spiro atoms. The molecule has 6 nitrogen and oxygen atoms in total. The fourth-order valence-corrected chi connectivity index (χ4v) is 1.71. The second kappa shape index (κ2) is 5.22. The molecular formula is C9H16N4O2S. The molecule has 0 saturated carbocycles. The molecule has 7 heteroatoms. The van der Waals surface area contributed by atoms with Crippen LogP contribution in [0.2, 0.25) is 0 Å². The molecule has 0 saturated heterocycles. The van der Waals surface area contributed by atoms with Crippen molar-refractivity contribution in [3.8, 4) is 0 Å². The topological polar surface area (TPSA) is 90.3 Å². The highest BCUT2D eigenvalue weighted by molar-refractivity contribution is 7.88. The van der Waals surface area contributed by atoms with Gasteiger partial charge in [-0.2, -0.15) is 5.10 Å². The third-order valence-corrected chi connectivity index (χ3v) is 2.42. The van der Waals surface area contributed by atoms with Crippen LogP contribution in [-0.4, -0.2) is 24.7 Å². The van der Waals surface area contributed by atoms with Crippen molar-refractivity contribution in [3.63, 3.8) is 0 Å². The molecule has 0 bridgehead atoms. The number of aromatic nitrogens is 2. The minimum Gasteiger partial charge on any atom is -0.267 e. The van der Waals surface area contributed by atoms with Crippen molar-refractivity contribution >= 4 is 10.0 Å². The molecule has 2 N–H and O–H groups in total. The minimum atomic E-state index is -3.60. The smallest absolute Gasteiger partial charge is 0.229 e. The maximum atomic E-state index is 11.0. The predicted octanol–water partition coefficient (Wildman–Crippen LogP) is -0.252. The van der Waals surface area contributed by atoms with E-state index in [0.717, 1.165) is 12.1 Å². The molecule has 0 aliphatic heterocycles. The minimum absolute atomic E-state index is 0.350. The van der Waals surface area contributed by atoms with Crippen molar-refractivity contribution < 1.29 is 8.42 Å². The lowest BCUT2D eigenvalue weighted by Gasteiger charge is -2.05. The summed E-state index contributed by atoms with van der Waals surface area (Å²) < 4.78 is 23.3. The lowest BCUT2D eigenvalue weighted by atomic mass is 10.4. The number of primary sulfonamides is 1. The van der Waals surface area contributed by atoms with Crippen molar-refractivity contribution in [2.45, 2.75) is 26.1 Å². The van der Waals surface area contributed by atoms with Crippen LogP contribution in [0.25, 0.3) is 0 Å². The van der Waals surface area contributed by atoms with E-state index >= 15 is 0 Å². The number of nitrogens with zero attached hydrogens (tertiary/aromatic N) is 3. The molecule has 0 unspecified atom stereocenters. The van der Waals surface area contributed by atoms with Crippen LogP contribution in [0.1, 0.15) is 19.0 Å². The van der Waals surface area contributed by atoms with Crippen molar-refractivity contribution in [3.05, 3.63) is 23.3 Å². The first-order valence-electron chi connectivity index (χ1n) is 4.98. The van der Waals surface area contributed by atoms with E-state index < -0.39 is 10.0 Å². The Morgan fingerprint density at radius 1 is 1.50 bits per heavy atom. The Labute approximate surface area is 94.9 Å². The first kappa shape index (κ1) is 12.9. The number of hydrogen-bond acceptors (Lipinski definition) is 4. The number of rotatable bonds is 4. The zero-order valence-corrected chi connectivity index (χ0v) is 10.2. The van der Waals surface area contributed by atoms with Crippen molar-refractivity contribution in [1.82, 2.24) is 9.78 Å². The Kier molecular flexibility index (Phi) is 4.19. The molecule has 16 heavy (non-hydrogen) atoms. The van der Waals surface area contributed by atoms with Crippen LogP contribution in [0.4, 0.5) is 0 Å². The fourth-order valence-electron chi connectivity index (χ4n) is 1.18. The third-order valence-electron chi connectivity index (χ3n) is 1.82. The first-order valence-corrected chi connectivity index (χ1v) is 6.69. The highest BCUT2D eigenvalue weighted by Gasteiger charge is 2.05. The predicted molar refractivity (Wildman–Crippen MR) is 60.8 cm³/mol. The normalized spacial score (nSPS) is 13.1. The van der Waals surface area contributed by atoms with E-state index in [-0.39, 0.29) is 5.88 Å². The van der Waals surface area contributed by atoms with Gasteiger partial charge in [-0.25, -0.2) is 18.2 Å². The summed E-state index contributed by atoms with van der Waals surface area (Å²) in [6.07, 6.45) is 0.892. The van der Waals surface area contributed by atoms with Gasteiger partial charge in [-0.1, -0.05) is 6.92 Å². The molecule has 1 aromatic heterocycles. The Morgan fingerprint density at radius 3 is 2.75 bits per heavy atom. The maximum absolute atomic E-state index is 11.0. The van der Waals surface area contributed by atoms with Crippen LogP contribution in [0.3, 0.4) is 0 Å². The van der Waals surface area contributed by atoms with Crippen LogP contribution in [0.15, 0.2) is 17.1 Å². The molecule has 0 amide bonds. The average molecular weight is 244 g/mol. The number of hydrogen-bond donors (Lipinski definition) is 1. The molecule has 1 aromatic rings. The number of sulfonamides is 1. The second-order valence-corrected chi connectivity index (χ2v) is 5.09. The van der Waals surface area contributed by atoms with Crippen LogP contribution >= 0.6 is 0 Å². The largest absolute Gasteiger partial charge is 0.267 e. The summed E-state index contributed by atoms with van der Waals surface area (Å²) in [7, 11) is -3.60. The van der Waals surface area contributed by atoms with Gasteiger partial charge >= 0.3 is 0 Å². The highest BCUT2D eigenvalue weighted by Crippen LogP contribution is 1.89. The standard InChI is InChI=1S/C9H16N4O2S/c1-3-6-11-9-5-4-8(2)12-13(9)7-16(10,14)15/h4-5H,3,6-7H2,1-2H3,(H2,10,14,15). The Hall–Kier alpha value is -1.21. The molecule has 0 radical (unpaired) electrons. The number of nitrogens with two attached hydrogens (primary N) is 1. The van der Waals surface area contributed by atoms with Gasteiger partial charge < -0.3 is 0 Å². The summed E-state index contributed by atoms with van der Waals surface area (Å²) in [5.41, 5.74) is 1.25. The van der Waals surface area contributed by atoms with E-state index in [2.05, 4.69) is 10.1 Å². The van der Waals surface area contributed by atoms with Gasteiger partial charge in [0.05, 0.1) is 5.69 Å². The molecule has 1 heterocycles. The Bertz CT molecular complexity index is 519. The monoisotopic (exact) mass is 244 g/mol. The van der Waals surface area contributed by atoms with E-state index in [1.165, 1.54) is 4.68 Å². The van der Waals surface area contributed by atoms with Crippen molar-refractivity contribution in [1.29, 1.82) is 0 Å². The van der Waals surface area contributed by atoms with Gasteiger partial charge in [-0.05, 0) is 25.5 Å². The third kappa shape index (κ3) is 4.11. The van der Waals surface area contributed by atoms with Gasteiger partial charge in [0.25, 0.3) is 0 Å². The zero-order valence-electron chi connectivity index (χ0n) is 9.42. The van der Waals surface area contributed by atoms with E-state index in [9.17, 15) is 8.42 Å². The van der Waals surface area contributed by atoms with Gasteiger partial charge in [-0.15, -0.1) is 0 Å². The van der Waals surface area contributed by atoms with Crippen LogP contribution in [0.5, 0.6) is 0 Å². The summed E-state index contributed by atoms with van der Waals surface area (Å²) in [5, 5.41) is 9.06. The quantitative estimate of drug-likeness (QED) is 0.791. The van der Waals surface area contributed by atoms with E-state index in [1.54, 1.807) is 19.1 Å². The average Bonchev–Trinajstić information content (AvgIpc) is 2.14. The summed E-state index contributed by atoms with van der Waals surface area (Å²) in [4.78, 5) is 4.23. The first-order chi connectivity index (χ1) is 7.42. The molecule has 0 aromatic carbocycles. The molecule has 90 valence electrons. The zero-order chi connectivity index (χ0) is 12.2. The van der Waals surface area contributed by atoms with E-state index in [4.69, 9.17) is 5.14 Å². The summed E-state index contributed by atoms with van der Waals surface area (Å²) in [5.74, 6) is -0.350. The molecule has 0 fully saturated rings. The van der Waals surface area contributed by atoms with Gasteiger partial charge in [-0.3, -0.25) is 4.99 Å². The lowest BCUT2D eigenvalue weighted by molar-refractivity contribution is 0.563. The fraction of sp³-hybridized carbons (Fsp3) is 0.556. The summed E-state index contributed by atoms with van der Waals surface area (Å²) >= 11 is 0.